The average molecular weight is 471 g/mol. The third-order valence-corrected chi connectivity index (χ3v) is 4.95. The third-order valence-electron chi connectivity index (χ3n) is 4.95. The van der Waals surface area contributed by atoms with Gasteiger partial charge in [-0.25, -0.2) is 18.0 Å². The van der Waals surface area contributed by atoms with Crippen molar-refractivity contribution in [3.8, 4) is 0 Å². The predicted molar refractivity (Wildman–Crippen MR) is 117 cm³/mol. The molecule has 1 aromatic rings. The van der Waals surface area contributed by atoms with Gasteiger partial charge in [0.05, 0.1) is 18.2 Å². The minimum Gasteiger partial charge on any atom is -0.506 e. The van der Waals surface area contributed by atoms with Crippen molar-refractivity contribution in [1.82, 2.24) is 4.90 Å². The standard InChI is InChI=1S/C22H28F3N3O5/c1-5-32-22(31)16(11-26-13(2)12-33-14(3)29)21(30)15-10-17(23)20(19(25)18(15)24)28-8-6-27(4)7-9-28/h10-11,13,30H,5-9,12H2,1-4H3/t13-/m0/s1. The van der Waals surface area contributed by atoms with Crippen molar-refractivity contribution in [1.29, 1.82) is 0 Å². The van der Waals surface area contributed by atoms with E-state index in [0.29, 0.717) is 32.2 Å². The second-order valence-corrected chi connectivity index (χ2v) is 7.59. The minimum atomic E-state index is -1.51. The molecule has 0 unspecified atom stereocenters. The van der Waals surface area contributed by atoms with Crippen molar-refractivity contribution in [3.05, 3.63) is 34.7 Å². The highest BCUT2D eigenvalue weighted by molar-refractivity contribution is 6.15. The summed E-state index contributed by atoms with van der Waals surface area (Å²) >= 11 is 0. The van der Waals surface area contributed by atoms with Crippen LogP contribution in [0.5, 0.6) is 0 Å². The van der Waals surface area contributed by atoms with Crippen LogP contribution in [0.15, 0.2) is 16.6 Å². The van der Waals surface area contributed by atoms with E-state index in [9.17, 15) is 27.9 Å². The summed E-state index contributed by atoms with van der Waals surface area (Å²) in [4.78, 5) is 30.6. The number of ether oxygens (including phenoxy) is 2. The van der Waals surface area contributed by atoms with Gasteiger partial charge >= 0.3 is 11.9 Å². The van der Waals surface area contributed by atoms with E-state index in [2.05, 4.69) is 4.99 Å². The molecular formula is C22H28F3N3O5. The summed E-state index contributed by atoms with van der Waals surface area (Å²) in [6.45, 7) is 5.79. The number of likely N-dealkylation sites (N-methyl/N-ethyl adjacent to an activating group) is 1. The summed E-state index contributed by atoms with van der Waals surface area (Å²) in [7, 11) is 1.86. The number of hydrogen-bond donors (Lipinski definition) is 1. The molecule has 0 aromatic heterocycles. The Morgan fingerprint density at radius 3 is 2.39 bits per heavy atom. The molecule has 1 aliphatic heterocycles. The number of nitrogens with zero attached hydrogens (tertiary/aromatic N) is 3. The Hall–Kier alpha value is -3.08. The van der Waals surface area contributed by atoms with E-state index in [1.807, 2.05) is 11.9 Å². The summed E-state index contributed by atoms with van der Waals surface area (Å²) in [6, 6.07) is 0.0144. The molecule has 1 aromatic carbocycles. The van der Waals surface area contributed by atoms with E-state index in [-0.39, 0.29) is 13.2 Å². The lowest BCUT2D eigenvalue weighted by atomic mass is 10.1. The van der Waals surface area contributed by atoms with Crippen molar-refractivity contribution in [2.24, 2.45) is 4.99 Å². The molecule has 0 bridgehead atoms. The molecule has 182 valence electrons. The van der Waals surface area contributed by atoms with Crippen LogP contribution < -0.4 is 4.90 Å². The number of carbonyl (C=O) groups excluding carboxylic acids is 2. The maximum absolute atomic E-state index is 14.9. The van der Waals surface area contributed by atoms with Gasteiger partial charge in [0.25, 0.3) is 0 Å². The van der Waals surface area contributed by atoms with E-state index < -0.39 is 58.0 Å². The lowest BCUT2D eigenvalue weighted by Crippen LogP contribution is -2.45. The van der Waals surface area contributed by atoms with Crippen LogP contribution in [0.4, 0.5) is 18.9 Å². The molecule has 0 amide bonds. The number of aliphatic hydroxyl groups excluding tert-OH is 1. The first kappa shape index (κ1) is 26.2. The highest BCUT2D eigenvalue weighted by Gasteiger charge is 2.28. The fourth-order valence-electron chi connectivity index (χ4n) is 3.12. The molecule has 2 rings (SSSR count). The van der Waals surface area contributed by atoms with Crippen molar-refractivity contribution < 1.29 is 37.3 Å². The summed E-state index contributed by atoms with van der Waals surface area (Å²) in [5.74, 6) is -6.69. The quantitative estimate of drug-likeness (QED) is 0.205. The molecule has 1 atom stereocenters. The molecule has 11 heteroatoms. The van der Waals surface area contributed by atoms with Gasteiger partial charge in [0.1, 0.15) is 29.4 Å². The zero-order valence-corrected chi connectivity index (χ0v) is 19.0. The Labute approximate surface area is 190 Å². The molecule has 0 spiro atoms. The molecule has 1 saturated heterocycles. The molecule has 0 saturated carbocycles. The largest absolute Gasteiger partial charge is 0.506 e. The lowest BCUT2D eigenvalue weighted by Gasteiger charge is -2.34. The van der Waals surface area contributed by atoms with Crippen LogP contribution >= 0.6 is 0 Å². The van der Waals surface area contributed by atoms with Crippen LogP contribution in [-0.2, 0) is 19.1 Å². The minimum absolute atomic E-state index is 0.0694. The fraction of sp³-hybridized carbons (Fsp3) is 0.500. The van der Waals surface area contributed by atoms with Gasteiger partial charge in [0.2, 0.25) is 0 Å². The van der Waals surface area contributed by atoms with E-state index in [4.69, 9.17) is 9.47 Å². The Bertz CT molecular complexity index is 944. The molecule has 0 radical (unpaired) electrons. The Morgan fingerprint density at radius 1 is 1.18 bits per heavy atom. The number of hydrogen-bond acceptors (Lipinski definition) is 8. The maximum atomic E-state index is 14.9. The predicted octanol–water partition coefficient (Wildman–Crippen LogP) is 2.71. The van der Waals surface area contributed by atoms with Gasteiger partial charge < -0.3 is 24.4 Å². The first-order valence-electron chi connectivity index (χ1n) is 10.4. The highest BCUT2D eigenvalue weighted by atomic mass is 19.2. The van der Waals surface area contributed by atoms with Crippen molar-refractivity contribution in [3.63, 3.8) is 0 Å². The van der Waals surface area contributed by atoms with Crippen molar-refractivity contribution in [2.75, 3.05) is 51.3 Å². The first-order valence-corrected chi connectivity index (χ1v) is 10.4. The van der Waals surface area contributed by atoms with Crippen molar-refractivity contribution in [2.45, 2.75) is 26.8 Å². The normalized spacial score (nSPS) is 16.5. The number of anilines is 1. The summed E-state index contributed by atoms with van der Waals surface area (Å²) < 4.78 is 54.3. The average Bonchev–Trinajstić information content (AvgIpc) is 2.76. The zero-order valence-electron chi connectivity index (χ0n) is 19.0. The number of aliphatic hydroxyl groups is 1. The second kappa shape index (κ2) is 11.7. The number of esters is 2. The van der Waals surface area contributed by atoms with Gasteiger partial charge in [-0.1, -0.05) is 0 Å². The number of rotatable bonds is 8. The lowest BCUT2D eigenvalue weighted by molar-refractivity contribution is -0.141. The van der Waals surface area contributed by atoms with Crippen LogP contribution in [0.1, 0.15) is 26.3 Å². The fourth-order valence-corrected chi connectivity index (χ4v) is 3.12. The second-order valence-electron chi connectivity index (χ2n) is 7.59. The third kappa shape index (κ3) is 6.70. The zero-order chi connectivity index (χ0) is 24.7. The summed E-state index contributed by atoms with van der Waals surface area (Å²) in [5.41, 5.74) is -1.97. The molecule has 1 heterocycles. The van der Waals surface area contributed by atoms with Crippen LogP contribution in [0.25, 0.3) is 5.76 Å². The topological polar surface area (TPSA) is 91.7 Å². The SMILES string of the molecule is CCOC(=O)C(C=N[C@@H](C)COC(C)=O)=C(O)c1cc(F)c(N2CCN(C)CC2)c(F)c1F. The van der Waals surface area contributed by atoms with Crippen LogP contribution in [-0.4, -0.2) is 80.6 Å². The van der Waals surface area contributed by atoms with Crippen molar-refractivity contribution >= 4 is 29.6 Å². The first-order chi connectivity index (χ1) is 15.6. The number of aliphatic imine (C=N–C) groups is 1. The molecular weight excluding hydrogens is 443 g/mol. The molecule has 1 fully saturated rings. The van der Waals surface area contributed by atoms with Crippen LogP contribution in [0.3, 0.4) is 0 Å². The number of benzene rings is 1. The van der Waals surface area contributed by atoms with Gasteiger partial charge in [-0.15, -0.1) is 0 Å². The molecule has 1 aliphatic rings. The monoisotopic (exact) mass is 471 g/mol. The van der Waals surface area contributed by atoms with Gasteiger partial charge in [-0.05, 0) is 27.0 Å². The Morgan fingerprint density at radius 2 is 1.82 bits per heavy atom. The molecule has 0 aliphatic carbocycles. The van der Waals surface area contributed by atoms with E-state index in [1.54, 1.807) is 6.92 Å². The van der Waals surface area contributed by atoms with Crippen LogP contribution in [0, 0.1) is 17.5 Å². The smallest absolute Gasteiger partial charge is 0.343 e. The molecule has 33 heavy (non-hydrogen) atoms. The number of carbonyl (C=O) groups is 2. The summed E-state index contributed by atoms with van der Waals surface area (Å²) in [5, 5.41) is 10.6. The molecule has 8 nitrogen and oxygen atoms in total. The maximum Gasteiger partial charge on any atom is 0.343 e. The van der Waals surface area contributed by atoms with Crippen LogP contribution in [0.2, 0.25) is 0 Å². The van der Waals surface area contributed by atoms with E-state index in [1.165, 1.54) is 18.7 Å². The van der Waals surface area contributed by atoms with E-state index >= 15 is 0 Å². The summed E-state index contributed by atoms with van der Waals surface area (Å²) in [6.07, 6.45) is 0.894. The molecule has 1 N–H and O–H groups in total. The van der Waals surface area contributed by atoms with E-state index in [0.717, 1.165) is 6.21 Å². The Kier molecular flexibility index (Phi) is 9.27. The van der Waals surface area contributed by atoms with Gasteiger partial charge in [0, 0.05) is 39.3 Å². The van der Waals surface area contributed by atoms with Gasteiger partial charge in [0.15, 0.2) is 11.6 Å². The van der Waals surface area contributed by atoms with Gasteiger partial charge in [-0.3, -0.25) is 9.79 Å². The van der Waals surface area contributed by atoms with Gasteiger partial charge in [-0.2, -0.15) is 0 Å². The Balaban J connectivity index is 2.46. The number of piperazine rings is 1. The highest BCUT2D eigenvalue weighted by Crippen LogP contribution is 2.32. The number of halogens is 3.